The fraction of sp³-hybridized carbons (Fsp3) is 0.200. The molecule has 0 aliphatic heterocycles. The van der Waals surface area contributed by atoms with Gasteiger partial charge in [0.15, 0.2) is 9.79 Å². The average molecular weight is 327 g/mol. The second-order valence-corrected chi connectivity index (χ2v) is 7.58. The van der Waals surface area contributed by atoms with Crippen molar-refractivity contribution in [3.63, 3.8) is 0 Å². The molecule has 1 aliphatic carbocycles. The first-order valence-electron chi connectivity index (χ1n) is 6.40. The first-order chi connectivity index (χ1) is 9.95. The smallest absolute Gasteiger partial charge is 0.160 e. The van der Waals surface area contributed by atoms with E-state index in [1.807, 2.05) is 0 Å². The Balaban J connectivity index is 0.000000282. The number of hydrogen-bond acceptors (Lipinski definition) is 4. The highest BCUT2D eigenvalue weighted by Crippen LogP contribution is 2.39. The van der Waals surface area contributed by atoms with Gasteiger partial charge in [-0.05, 0) is 24.3 Å². The van der Waals surface area contributed by atoms with Crippen molar-refractivity contribution in [2.24, 2.45) is 0 Å². The monoisotopic (exact) mass is 326 g/mol. The Morgan fingerprint density at radius 3 is 1.33 bits per heavy atom. The van der Waals surface area contributed by atoms with Crippen LogP contribution in [0, 0.1) is 10.2 Å². The third kappa shape index (κ3) is 6.05. The van der Waals surface area contributed by atoms with E-state index in [0.29, 0.717) is 10.9 Å². The van der Waals surface area contributed by atoms with Crippen LogP contribution in [-0.2, 0) is 10.9 Å². The van der Waals surface area contributed by atoms with Crippen LogP contribution in [0.2, 0.25) is 0 Å². The van der Waals surface area contributed by atoms with Crippen molar-refractivity contribution >= 4 is 10.9 Å². The normalized spacial score (nSPS) is 14.5. The van der Waals surface area contributed by atoms with Gasteiger partial charge in [-0.25, -0.2) is 18.6 Å². The maximum atomic E-state index is 8.49. The van der Waals surface area contributed by atoms with Crippen LogP contribution in [0.15, 0.2) is 70.5 Å². The third-order valence-corrected chi connectivity index (χ3v) is 5.55. The third-order valence-electron chi connectivity index (χ3n) is 2.85. The van der Waals surface area contributed by atoms with E-state index in [1.165, 1.54) is 22.6 Å². The quantitative estimate of drug-likeness (QED) is 0.685. The first-order valence-corrected chi connectivity index (χ1v) is 8.92. The van der Waals surface area contributed by atoms with Gasteiger partial charge in [0.05, 0.1) is 10.9 Å². The zero-order chi connectivity index (χ0) is 15.3. The molecule has 1 saturated carbocycles. The molecular weight excluding hydrogens is 312 g/mol. The molecule has 2 aromatic rings. The van der Waals surface area contributed by atoms with Gasteiger partial charge >= 0.3 is 0 Å². The maximum Gasteiger partial charge on any atom is 0.160 e. The molecule has 0 aromatic heterocycles. The van der Waals surface area contributed by atoms with Crippen molar-refractivity contribution in [3.8, 4) is 0 Å². The molecule has 0 radical (unpaired) electrons. The molecule has 2 aromatic carbocycles. The number of hydrogen-bond donors (Lipinski definition) is 0. The van der Waals surface area contributed by atoms with Crippen molar-refractivity contribution in [2.45, 2.75) is 27.9 Å². The molecular formula is C15H15ClO4S. The van der Waals surface area contributed by atoms with E-state index in [4.69, 9.17) is 18.6 Å². The summed E-state index contributed by atoms with van der Waals surface area (Å²) in [5.41, 5.74) is 0. The van der Waals surface area contributed by atoms with Gasteiger partial charge in [0.2, 0.25) is 0 Å². The Morgan fingerprint density at radius 2 is 1.05 bits per heavy atom. The van der Waals surface area contributed by atoms with Gasteiger partial charge in [-0.1, -0.05) is 36.4 Å². The lowest BCUT2D eigenvalue weighted by Crippen LogP contribution is -2.68. The first kappa shape index (κ1) is 16.3. The predicted molar refractivity (Wildman–Crippen MR) is 69.8 cm³/mol. The zero-order valence-electron chi connectivity index (χ0n) is 11.2. The molecule has 6 heteroatoms. The lowest BCUT2D eigenvalue weighted by Gasteiger charge is -2.17. The number of rotatable bonds is 3. The summed E-state index contributed by atoms with van der Waals surface area (Å²) in [5.74, 6) is 0. The minimum absolute atomic E-state index is 0.308. The van der Waals surface area contributed by atoms with E-state index in [1.54, 1.807) is 0 Å². The van der Waals surface area contributed by atoms with Crippen LogP contribution in [0.3, 0.4) is 0 Å². The summed E-state index contributed by atoms with van der Waals surface area (Å²) in [6.07, 6.45) is 2.79. The van der Waals surface area contributed by atoms with Gasteiger partial charge < -0.3 is 0 Å². The highest BCUT2D eigenvalue weighted by molar-refractivity contribution is 7.97. The second kappa shape index (κ2) is 7.26. The molecule has 0 heterocycles. The zero-order valence-corrected chi connectivity index (χ0v) is 12.8. The molecule has 0 bridgehead atoms. The van der Waals surface area contributed by atoms with E-state index >= 15 is 0 Å². The minimum Gasteiger partial charge on any atom is -0.222 e. The summed E-state index contributed by atoms with van der Waals surface area (Å²) in [6, 6.07) is 21.9. The lowest BCUT2D eigenvalue weighted by atomic mass is 10.4. The van der Waals surface area contributed by atoms with E-state index in [-0.39, 0.29) is 0 Å². The highest BCUT2D eigenvalue weighted by Gasteiger charge is 2.43. The fourth-order valence-corrected chi connectivity index (χ4v) is 4.51. The Kier molecular flexibility index (Phi) is 5.64. The molecule has 4 nitrogen and oxygen atoms in total. The van der Waals surface area contributed by atoms with Gasteiger partial charge in [0.1, 0.15) is 5.25 Å². The van der Waals surface area contributed by atoms with Crippen LogP contribution < -0.4 is 18.6 Å². The molecule has 0 N–H and O–H groups in total. The van der Waals surface area contributed by atoms with Crippen LogP contribution in [0.1, 0.15) is 12.8 Å². The van der Waals surface area contributed by atoms with Gasteiger partial charge in [-0.2, -0.15) is 0 Å². The molecule has 1 fully saturated rings. The SMILES string of the molecule is [O-][Cl+3]([O-])([O-])[O-].c1ccc([S+](c2ccccc2)C2CC2)cc1. The van der Waals surface area contributed by atoms with Crippen LogP contribution in [0.5, 0.6) is 0 Å². The Labute approximate surface area is 128 Å². The van der Waals surface area contributed by atoms with Crippen LogP contribution in [-0.4, -0.2) is 5.25 Å². The standard InChI is InChI=1S/C15H15S.ClHO4/c1-3-7-13(8-4-1)16(15-11-12-15)14-9-5-2-6-10-14;2-1(3,4)5/h1-10,15H,11-12H2;(H,2,3,4,5)/q+1;/p-1. The molecule has 112 valence electrons. The molecule has 21 heavy (non-hydrogen) atoms. The van der Waals surface area contributed by atoms with Crippen LogP contribution >= 0.6 is 0 Å². The fourth-order valence-electron chi connectivity index (χ4n) is 1.96. The summed E-state index contributed by atoms with van der Waals surface area (Å²) >= 11 is 0. The molecule has 0 unspecified atom stereocenters. The van der Waals surface area contributed by atoms with Crippen molar-refractivity contribution in [2.75, 3.05) is 0 Å². The Hall–Kier alpha value is -1.08. The lowest BCUT2D eigenvalue weighted by molar-refractivity contribution is -2.00. The predicted octanol–water partition coefficient (Wildman–Crippen LogP) is -0.871. The maximum absolute atomic E-state index is 8.49. The number of benzene rings is 2. The average Bonchev–Trinajstić information content (AvgIpc) is 3.24. The molecule has 3 rings (SSSR count). The summed E-state index contributed by atoms with van der Waals surface area (Å²) < 4.78 is 34.0. The number of halogens is 1. The van der Waals surface area contributed by atoms with Crippen LogP contribution in [0.25, 0.3) is 0 Å². The molecule has 0 saturated heterocycles. The van der Waals surface area contributed by atoms with E-state index in [2.05, 4.69) is 60.7 Å². The van der Waals surface area contributed by atoms with Crippen molar-refractivity contribution in [1.82, 2.24) is 0 Å². The Morgan fingerprint density at radius 1 is 0.714 bits per heavy atom. The Bertz CT molecular complexity index is 495. The summed E-state index contributed by atoms with van der Waals surface area (Å²) in [5, 5.41) is 0.893. The molecule has 0 spiro atoms. The summed E-state index contributed by atoms with van der Waals surface area (Å²) in [7, 11) is -4.64. The minimum atomic E-state index is -4.94. The van der Waals surface area contributed by atoms with Crippen molar-refractivity contribution < 1.29 is 28.9 Å². The summed E-state index contributed by atoms with van der Waals surface area (Å²) in [4.78, 5) is 2.99. The van der Waals surface area contributed by atoms with Crippen LogP contribution in [0.4, 0.5) is 0 Å². The van der Waals surface area contributed by atoms with E-state index in [0.717, 1.165) is 5.25 Å². The van der Waals surface area contributed by atoms with E-state index < -0.39 is 10.2 Å². The van der Waals surface area contributed by atoms with E-state index in [9.17, 15) is 0 Å². The van der Waals surface area contributed by atoms with Crippen molar-refractivity contribution in [1.29, 1.82) is 0 Å². The highest BCUT2D eigenvalue weighted by atomic mass is 35.7. The van der Waals surface area contributed by atoms with Gasteiger partial charge in [0, 0.05) is 12.8 Å². The van der Waals surface area contributed by atoms with Gasteiger partial charge in [-0.3, -0.25) is 0 Å². The molecule has 0 amide bonds. The summed E-state index contributed by atoms with van der Waals surface area (Å²) in [6.45, 7) is 0. The largest absolute Gasteiger partial charge is 0.222 e. The topological polar surface area (TPSA) is 92.2 Å². The van der Waals surface area contributed by atoms with Gasteiger partial charge in [-0.15, -0.1) is 10.2 Å². The molecule has 1 aliphatic rings. The second-order valence-electron chi connectivity index (χ2n) is 4.54. The van der Waals surface area contributed by atoms with Crippen molar-refractivity contribution in [3.05, 3.63) is 60.7 Å². The van der Waals surface area contributed by atoms with Gasteiger partial charge in [0.25, 0.3) is 0 Å². The molecule has 0 atom stereocenters.